The van der Waals surface area contributed by atoms with Gasteiger partial charge in [0.05, 0.1) is 16.7 Å². The Bertz CT molecular complexity index is 3880. The van der Waals surface area contributed by atoms with Crippen LogP contribution in [-0.2, 0) is 0 Å². The lowest BCUT2D eigenvalue weighted by atomic mass is 10.0. The molecule has 0 saturated carbocycles. The van der Waals surface area contributed by atoms with Crippen LogP contribution in [0.25, 0.3) is 126 Å². The first-order valence-corrected chi connectivity index (χ1v) is 21.2. The van der Waals surface area contributed by atoms with Crippen molar-refractivity contribution in [2.24, 2.45) is 0 Å². The lowest BCUT2D eigenvalue weighted by Gasteiger charge is -2.13. The van der Waals surface area contributed by atoms with Crippen molar-refractivity contribution >= 4 is 86.0 Å². The van der Waals surface area contributed by atoms with E-state index < -0.39 is 0 Å². The number of fused-ring (bicyclic) bond motifs is 10. The highest BCUT2D eigenvalue weighted by Crippen LogP contribution is 2.44. The molecule has 0 bridgehead atoms. The number of hydrogen-bond acceptors (Lipinski definition) is 5. The van der Waals surface area contributed by atoms with Crippen molar-refractivity contribution in [3.8, 4) is 51.0 Å². The van der Waals surface area contributed by atoms with Crippen molar-refractivity contribution in [1.29, 1.82) is 0 Å². The number of para-hydroxylation sites is 2. The molecular weight excluding hydrogens is 765 g/mol. The molecule has 0 aliphatic rings. The fourth-order valence-corrected chi connectivity index (χ4v) is 10.4. The molecule has 0 aliphatic carbocycles. The van der Waals surface area contributed by atoms with Crippen LogP contribution >= 0.6 is 11.3 Å². The highest BCUT2D eigenvalue weighted by Gasteiger charge is 2.24. The minimum absolute atomic E-state index is 0.585. The van der Waals surface area contributed by atoms with Gasteiger partial charge in [-0.05, 0) is 70.4 Å². The van der Waals surface area contributed by atoms with Crippen molar-refractivity contribution in [3.05, 3.63) is 194 Å². The van der Waals surface area contributed by atoms with Crippen molar-refractivity contribution in [3.63, 3.8) is 0 Å². The molecule has 13 rings (SSSR count). The Morgan fingerprint density at radius 1 is 0.410 bits per heavy atom. The molecule has 284 valence electrons. The Morgan fingerprint density at radius 2 is 1.05 bits per heavy atom. The topological polar surface area (TPSA) is 56.7 Å². The van der Waals surface area contributed by atoms with Crippen LogP contribution < -0.4 is 0 Å². The maximum atomic E-state index is 6.94. The van der Waals surface area contributed by atoms with Crippen LogP contribution in [0.3, 0.4) is 0 Å². The van der Waals surface area contributed by atoms with Crippen molar-refractivity contribution in [2.75, 3.05) is 0 Å². The van der Waals surface area contributed by atoms with Gasteiger partial charge in [-0.15, -0.1) is 11.3 Å². The molecule has 0 amide bonds. The molecule has 0 saturated heterocycles. The molecule has 9 aromatic carbocycles. The molecule has 0 N–H and O–H groups in total. The minimum atomic E-state index is 0.585. The van der Waals surface area contributed by atoms with E-state index in [2.05, 4.69) is 180 Å². The summed E-state index contributed by atoms with van der Waals surface area (Å²) in [6.07, 6.45) is 0. The van der Waals surface area contributed by atoms with Crippen molar-refractivity contribution in [1.82, 2.24) is 19.5 Å². The van der Waals surface area contributed by atoms with Gasteiger partial charge < -0.3 is 8.98 Å². The van der Waals surface area contributed by atoms with Crippen LogP contribution in [0.2, 0.25) is 0 Å². The summed E-state index contributed by atoms with van der Waals surface area (Å²) in [4.78, 5) is 16.0. The molecule has 6 heteroatoms. The minimum Gasteiger partial charge on any atom is -0.454 e. The number of benzene rings is 9. The van der Waals surface area contributed by atoms with Crippen molar-refractivity contribution in [2.45, 2.75) is 0 Å². The molecule has 0 radical (unpaired) electrons. The molecule has 0 spiro atoms. The third-order valence-corrected chi connectivity index (χ3v) is 13.3. The second kappa shape index (κ2) is 13.3. The van der Waals surface area contributed by atoms with E-state index in [4.69, 9.17) is 19.4 Å². The smallest absolute Gasteiger partial charge is 0.165 e. The molecule has 13 aromatic rings. The summed E-state index contributed by atoms with van der Waals surface area (Å²) in [5.74, 6) is 1.82. The maximum absolute atomic E-state index is 6.94. The monoisotopic (exact) mass is 796 g/mol. The van der Waals surface area contributed by atoms with Gasteiger partial charge in [-0.25, -0.2) is 15.0 Å². The lowest BCUT2D eigenvalue weighted by Crippen LogP contribution is -2.01. The van der Waals surface area contributed by atoms with E-state index in [1.54, 1.807) is 11.3 Å². The fraction of sp³-hybridized carbons (Fsp3) is 0. The zero-order valence-corrected chi connectivity index (χ0v) is 33.4. The van der Waals surface area contributed by atoms with E-state index in [9.17, 15) is 0 Å². The molecule has 5 nitrogen and oxygen atoms in total. The Morgan fingerprint density at radius 3 is 1.90 bits per heavy atom. The van der Waals surface area contributed by atoms with E-state index in [-0.39, 0.29) is 0 Å². The predicted octanol–water partition coefficient (Wildman–Crippen LogP) is 15.1. The van der Waals surface area contributed by atoms with Gasteiger partial charge in [-0.2, -0.15) is 0 Å². The summed E-state index contributed by atoms with van der Waals surface area (Å²) in [7, 11) is 0. The first kappa shape index (κ1) is 34.0. The Labute approximate surface area is 353 Å². The Hall–Kier alpha value is -7.93. The van der Waals surface area contributed by atoms with Gasteiger partial charge >= 0.3 is 0 Å². The van der Waals surface area contributed by atoms with Gasteiger partial charge in [0.25, 0.3) is 0 Å². The highest BCUT2D eigenvalue weighted by atomic mass is 32.1. The zero-order chi connectivity index (χ0) is 40.0. The van der Waals surface area contributed by atoms with Gasteiger partial charge in [-0.3, -0.25) is 0 Å². The highest BCUT2D eigenvalue weighted by molar-refractivity contribution is 7.26. The average Bonchev–Trinajstić information content (AvgIpc) is 4.01. The molecular formula is C55H32N4OS. The second-order valence-electron chi connectivity index (χ2n) is 15.5. The van der Waals surface area contributed by atoms with Crippen molar-refractivity contribution < 1.29 is 4.42 Å². The summed E-state index contributed by atoms with van der Waals surface area (Å²) < 4.78 is 11.7. The van der Waals surface area contributed by atoms with Crippen LogP contribution in [-0.4, -0.2) is 19.5 Å². The number of rotatable bonds is 5. The largest absolute Gasteiger partial charge is 0.454 e. The van der Waals surface area contributed by atoms with Crippen LogP contribution in [0.15, 0.2) is 199 Å². The van der Waals surface area contributed by atoms with Gasteiger partial charge in [0.2, 0.25) is 0 Å². The first-order valence-electron chi connectivity index (χ1n) is 20.4. The summed E-state index contributed by atoms with van der Waals surface area (Å²) in [5, 5.41) is 9.18. The molecule has 61 heavy (non-hydrogen) atoms. The summed E-state index contributed by atoms with van der Waals surface area (Å²) in [6.45, 7) is 0. The molecule has 0 fully saturated rings. The third kappa shape index (κ3) is 5.29. The predicted molar refractivity (Wildman–Crippen MR) is 254 cm³/mol. The second-order valence-corrected chi connectivity index (χ2v) is 16.6. The number of thiophene rings is 1. The zero-order valence-electron chi connectivity index (χ0n) is 32.6. The standard InChI is InChI=1S/C55H32N4OS/c1-2-13-33(14-3-1)34-25-27-35(28-26-34)53-56-54(58-55(57-53)43-21-12-20-40-39-18-8-11-24-49(39)61-52(40)43)42-29-30-46(51-50(42)41-19-7-10-23-48(41)60-51)59-45-22-9-6-17-38(45)44-31-36-15-4-5-16-37(36)32-47(44)59/h1-32H. The van der Waals surface area contributed by atoms with E-state index in [0.717, 1.165) is 71.2 Å². The number of hydrogen-bond donors (Lipinski definition) is 0. The van der Waals surface area contributed by atoms with Gasteiger partial charge in [0.1, 0.15) is 5.58 Å². The first-order chi connectivity index (χ1) is 30.2. The third-order valence-electron chi connectivity index (χ3n) is 12.1. The van der Waals surface area contributed by atoms with E-state index in [1.807, 2.05) is 18.2 Å². The Kier molecular flexibility index (Phi) is 7.41. The normalized spacial score (nSPS) is 11.9. The number of nitrogens with zero attached hydrogens (tertiary/aromatic N) is 4. The summed E-state index contributed by atoms with van der Waals surface area (Å²) in [5.41, 5.74) is 9.83. The van der Waals surface area contributed by atoms with Gasteiger partial charge in [0, 0.05) is 58.4 Å². The number of aromatic nitrogens is 4. The van der Waals surface area contributed by atoms with E-state index >= 15 is 0 Å². The summed E-state index contributed by atoms with van der Waals surface area (Å²) >= 11 is 1.78. The maximum Gasteiger partial charge on any atom is 0.165 e. The van der Waals surface area contributed by atoms with Gasteiger partial charge in [-0.1, -0.05) is 146 Å². The lowest BCUT2D eigenvalue weighted by molar-refractivity contribution is 0.666. The SMILES string of the molecule is c1ccc(-c2ccc(-c3nc(-c4cccc5c4sc4ccccc45)nc(-c4ccc(-n5c6ccccc6c6cc7ccccc7cc65)c5oc6ccccc6c45)n3)cc2)cc1. The quantitative estimate of drug-likeness (QED) is 0.174. The molecule has 4 aromatic heterocycles. The Balaban J connectivity index is 1.08. The van der Waals surface area contributed by atoms with Crippen LogP contribution in [0.4, 0.5) is 0 Å². The van der Waals surface area contributed by atoms with Crippen LogP contribution in [0.1, 0.15) is 0 Å². The number of furan rings is 1. The van der Waals surface area contributed by atoms with Gasteiger partial charge in [0.15, 0.2) is 23.1 Å². The van der Waals surface area contributed by atoms with Crippen LogP contribution in [0.5, 0.6) is 0 Å². The molecule has 0 unspecified atom stereocenters. The fourth-order valence-electron chi connectivity index (χ4n) is 9.20. The molecule has 0 atom stereocenters. The molecule has 4 heterocycles. The van der Waals surface area contributed by atoms with E-state index in [0.29, 0.717) is 17.5 Å². The average molecular weight is 797 g/mol. The molecule has 0 aliphatic heterocycles. The summed E-state index contributed by atoms with van der Waals surface area (Å²) in [6, 6.07) is 68.4. The van der Waals surface area contributed by atoms with E-state index in [1.165, 1.54) is 37.0 Å². The van der Waals surface area contributed by atoms with Crippen LogP contribution in [0, 0.1) is 0 Å².